The Morgan fingerprint density at radius 1 is 1.23 bits per heavy atom. The minimum absolute atomic E-state index is 0.101. The smallest absolute Gasteiger partial charge is 0.257 e. The fourth-order valence-electron chi connectivity index (χ4n) is 2.92. The summed E-state index contributed by atoms with van der Waals surface area (Å²) >= 11 is 1.95. The zero-order valence-corrected chi connectivity index (χ0v) is 13.9. The predicted octanol–water partition coefficient (Wildman–Crippen LogP) is 4.22. The molecule has 0 radical (unpaired) electrons. The SMILES string of the molecule is Cc1cc(C(=O)N2CCS[C@H](c3ccccc3)CC2)c(C)o1. The Morgan fingerprint density at radius 2 is 2.00 bits per heavy atom. The molecule has 1 atom stereocenters. The summed E-state index contributed by atoms with van der Waals surface area (Å²) in [5, 5.41) is 0.478. The molecule has 1 aliphatic rings. The number of thioether (sulfide) groups is 1. The standard InChI is InChI=1S/C18H21NO2S/c1-13-12-16(14(2)21-13)18(20)19-9-8-17(22-11-10-19)15-6-4-3-5-7-15/h3-7,12,17H,8-11H2,1-2H3/t17-/m0/s1. The van der Waals surface area contributed by atoms with Crippen molar-refractivity contribution in [1.82, 2.24) is 4.90 Å². The molecule has 116 valence electrons. The van der Waals surface area contributed by atoms with Gasteiger partial charge < -0.3 is 9.32 Å². The number of rotatable bonds is 2. The summed E-state index contributed by atoms with van der Waals surface area (Å²) in [4.78, 5) is 14.7. The van der Waals surface area contributed by atoms with Gasteiger partial charge in [-0.25, -0.2) is 0 Å². The lowest BCUT2D eigenvalue weighted by atomic mass is 10.1. The number of hydrogen-bond donors (Lipinski definition) is 0. The van der Waals surface area contributed by atoms with Crippen LogP contribution in [0.2, 0.25) is 0 Å². The minimum atomic E-state index is 0.101. The van der Waals surface area contributed by atoms with Gasteiger partial charge in [-0.3, -0.25) is 4.79 Å². The van der Waals surface area contributed by atoms with Gasteiger partial charge in [-0.2, -0.15) is 11.8 Å². The van der Waals surface area contributed by atoms with Crippen LogP contribution in [0.1, 0.15) is 39.1 Å². The van der Waals surface area contributed by atoms with Crippen LogP contribution in [0, 0.1) is 13.8 Å². The zero-order valence-electron chi connectivity index (χ0n) is 13.0. The molecule has 3 rings (SSSR count). The molecule has 0 N–H and O–H groups in total. The Balaban J connectivity index is 1.70. The van der Waals surface area contributed by atoms with Gasteiger partial charge in [0.15, 0.2) is 0 Å². The summed E-state index contributed by atoms with van der Waals surface area (Å²) in [6.07, 6.45) is 0.996. The predicted molar refractivity (Wildman–Crippen MR) is 90.3 cm³/mol. The van der Waals surface area contributed by atoms with E-state index in [4.69, 9.17) is 4.42 Å². The Kier molecular flexibility index (Phi) is 4.57. The molecule has 1 aliphatic heterocycles. The molecule has 1 aromatic carbocycles. The minimum Gasteiger partial charge on any atom is -0.466 e. The maximum absolute atomic E-state index is 12.7. The van der Waals surface area contributed by atoms with Crippen LogP contribution in [-0.2, 0) is 0 Å². The third kappa shape index (κ3) is 3.22. The molecule has 0 saturated carbocycles. The molecule has 1 fully saturated rings. The number of amides is 1. The van der Waals surface area contributed by atoms with E-state index in [-0.39, 0.29) is 5.91 Å². The fourth-order valence-corrected chi connectivity index (χ4v) is 4.15. The first kappa shape index (κ1) is 15.2. The molecule has 1 saturated heterocycles. The number of furan rings is 1. The van der Waals surface area contributed by atoms with Gasteiger partial charge in [0.1, 0.15) is 11.5 Å². The van der Waals surface area contributed by atoms with Crippen molar-refractivity contribution in [3.05, 3.63) is 59.0 Å². The zero-order chi connectivity index (χ0) is 15.5. The van der Waals surface area contributed by atoms with Crippen LogP contribution in [-0.4, -0.2) is 29.6 Å². The molecule has 1 aromatic heterocycles. The maximum Gasteiger partial charge on any atom is 0.257 e. The molecular formula is C18H21NO2S. The number of carbonyl (C=O) groups is 1. The highest BCUT2D eigenvalue weighted by molar-refractivity contribution is 7.99. The molecule has 0 unspecified atom stereocenters. The summed E-state index contributed by atoms with van der Waals surface area (Å²) < 4.78 is 5.50. The van der Waals surface area contributed by atoms with Crippen molar-refractivity contribution in [3.8, 4) is 0 Å². The number of aryl methyl sites for hydroxylation is 2. The lowest BCUT2D eigenvalue weighted by Gasteiger charge is -2.20. The Bertz CT molecular complexity index is 650. The highest BCUT2D eigenvalue weighted by Gasteiger charge is 2.24. The molecule has 2 heterocycles. The van der Waals surface area contributed by atoms with Crippen LogP contribution < -0.4 is 0 Å². The first-order valence-corrected chi connectivity index (χ1v) is 8.73. The lowest BCUT2D eigenvalue weighted by Crippen LogP contribution is -2.33. The molecule has 4 heteroatoms. The second kappa shape index (κ2) is 6.61. The third-order valence-electron chi connectivity index (χ3n) is 4.07. The highest BCUT2D eigenvalue weighted by atomic mass is 32.2. The van der Waals surface area contributed by atoms with E-state index in [1.54, 1.807) is 0 Å². The van der Waals surface area contributed by atoms with Crippen LogP contribution in [0.4, 0.5) is 0 Å². The topological polar surface area (TPSA) is 33.5 Å². The first-order chi connectivity index (χ1) is 10.6. The van der Waals surface area contributed by atoms with Crippen LogP contribution >= 0.6 is 11.8 Å². The Labute approximate surface area is 135 Å². The van der Waals surface area contributed by atoms with Crippen molar-refractivity contribution in [1.29, 1.82) is 0 Å². The number of carbonyl (C=O) groups excluding carboxylic acids is 1. The summed E-state index contributed by atoms with van der Waals surface area (Å²) in [6.45, 7) is 5.35. The van der Waals surface area contributed by atoms with Crippen molar-refractivity contribution in [3.63, 3.8) is 0 Å². The van der Waals surface area contributed by atoms with Gasteiger partial charge in [-0.1, -0.05) is 30.3 Å². The van der Waals surface area contributed by atoms with E-state index in [0.717, 1.165) is 36.8 Å². The van der Waals surface area contributed by atoms with Crippen LogP contribution in [0.3, 0.4) is 0 Å². The van der Waals surface area contributed by atoms with Gasteiger partial charge in [-0.05, 0) is 31.9 Å². The van der Waals surface area contributed by atoms with Gasteiger partial charge in [0.2, 0.25) is 0 Å². The van der Waals surface area contributed by atoms with E-state index in [0.29, 0.717) is 10.8 Å². The van der Waals surface area contributed by atoms with Gasteiger partial charge >= 0.3 is 0 Å². The molecule has 1 amide bonds. The molecule has 0 bridgehead atoms. The van der Waals surface area contributed by atoms with Crippen molar-refractivity contribution in [2.24, 2.45) is 0 Å². The van der Waals surface area contributed by atoms with E-state index >= 15 is 0 Å². The van der Waals surface area contributed by atoms with Crippen LogP contribution in [0.5, 0.6) is 0 Å². The molecule has 3 nitrogen and oxygen atoms in total. The summed E-state index contributed by atoms with van der Waals surface area (Å²) in [5.41, 5.74) is 2.07. The van der Waals surface area contributed by atoms with E-state index in [1.165, 1.54) is 5.56 Å². The van der Waals surface area contributed by atoms with Crippen molar-refractivity contribution >= 4 is 17.7 Å². The van der Waals surface area contributed by atoms with E-state index < -0.39 is 0 Å². The number of nitrogens with zero attached hydrogens (tertiary/aromatic N) is 1. The Morgan fingerprint density at radius 3 is 2.68 bits per heavy atom. The third-order valence-corrected chi connectivity index (χ3v) is 5.40. The first-order valence-electron chi connectivity index (χ1n) is 7.68. The van der Waals surface area contributed by atoms with Crippen molar-refractivity contribution < 1.29 is 9.21 Å². The maximum atomic E-state index is 12.7. The van der Waals surface area contributed by atoms with E-state index in [2.05, 4.69) is 24.3 Å². The molecule has 2 aromatic rings. The lowest BCUT2D eigenvalue weighted by molar-refractivity contribution is 0.0765. The van der Waals surface area contributed by atoms with Gasteiger partial charge in [0.05, 0.1) is 5.56 Å². The summed E-state index contributed by atoms with van der Waals surface area (Å²) in [7, 11) is 0. The summed E-state index contributed by atoms with van der Waals surface area (Å²) in [5.74, 6) is 2.59. The van der Waals surface area contributed by atoms with E-state index in [9.17, 15) is 4.79 Å². The molecular weight excluding hydrogens is 294 g/mol. The van der Waals surface area contributed by atoms with Crippen molar-refractivity contribution in [2.45, 2.75) is 25.5 Å². The second-order valence-electron chi connectivity index (χ2n) is 5.68. The average molecular weight is 315 g/mol. The highest BCUT2D eigenvalue weighted by Crippen LogP contribution is 2.34. The quantitative estimate of drug-likeness (QED) is 0.832. The van der Waals surface area contributed by atoms with Crippen molar-refractivity contribution in [2.75, 3.05) is 18.8 Å². The number of benzene rings is 1. The van der Waals surface area contributed by atoms with Crippen LogP contribution in [0.15, 0.2) is 40.8 Å². The van der Waals surface area contributed by atoms with Gasteiger partial charge in [0, 0.05) is 24.1 Å². The molecule has 22 heavy (non-hydrogen) atoms. The average Bonchev–Trinajstić information content (AvgIpc) is 2.74. The molecule has 0 aliphatic carbocycles. The van der Waals surface area contributed by atoms with E-state index in [1.807, 2.05) is 42.6 Å². The van der Waals surface area contributed by atoms with Gasteiger partial charge in [0.25, 0.3) is 5.91 Å². The normalized spacial score (nSPS) is 19.0. The summed E-state index contributed by atoms with van der Waals surface area (Å²) in [6, 6.07) is 12.4. The van der Waals surface area contributed by atoms with Crippen LogP contribution in [0.25, 0.3) is 0 Å². The van der Waals surface area contributed by atoms with Gasteiger partial charge in [-0.15, -0.1) is 0 Å². The Hall–Kier alpha value is -1.68. The largest absolute Gasteiger partial charge is 0.466 e. The molecule has 0 spiro atoms. The second-order valence-corrected chi connectivity index (χ2v) is 6.99. The number of hydrogen-bond acceptors (Lipinski definition) is 3. The monoisotopic (exact) mass is 315 g/mol. The fraction of sp³-hybridized carbons (Fsp3) is 0.389.